The van der Waals surface area contributed by atoms with Crippen molar-refractivity contribution in [2.24, 2.45) is 0 Å². The van der Waals surface area contributed by atoms with Gasteiger partial charge in [0.05, 0.1) is 17.8 Å². The molecule has 102 valence electrons. The third-order valence-corrected chi connectivity index (χ3v) is 3.00. The molecule has 0 spiro atoms. The smallest absolute Gasteiger partial charge is 0.232 e. The summed E-state index contributed by atoms with van der Waals surface area (Å²) in [7, 11) is 0. The zero-order valence-electron chi connectivity index (χ0n) is 11.6. The summed E-state index contributed by atoms with van der Waals surface area (Å²) in [5.74, 6) is 0.898. The molecule has 0 fully saturated rings. The fourth-order valence-corrected chi connectivity index (χ4v) is 2.02. The molecule has 0 amide bonds. The molecule has 1 heterocycles. The van der Waals surface area contributed by atoms with Crippen LogP contribution in [-0.4, -0.2) is 40.1 Å². The minimum absolute atomic E-state index is 0.355. The number of nitrogens with zero attached hydrogens (tertiary/aromatic N) is 3. The van der Waals surface area contributed by atoms with E-state index in [1.165, 1.54) is 0 Å². The zero-order chi connectivity index (χ0) is 13.5. The largest absolute Gasteiger partial charge is 0.475 e. The van der Waals surface area contributed by atoms with Crippen LogP contribution < -0.4 is 4.74 Å². The summed E-state index contributed by atoms with van der Waals surface area (Å²) in [5, 5.41) is 0. The first-order valence-corrected chi connectivity index (χ1v) is 6.83. The molecule has 18 heavy (non-hydrogen) atoms. The Balaban J connectivity index is 2.44. The molecule has 0 saturated carbocycles. The van der Waals surface area contributed by atoms with Gasteiger partial charge in [-0.1, -0.05) is 0 Å². The van der Waals surface area contributed by atoms with E-state index in [1.54, 1.807) is 12.4 Å². The van der Waals surface area contributed by atoms with Crippen LogP contribution in [0, 0.1) is 0 Å². The van der Waals surface area contributed by atoms with E-state index in [2.05, 4.69) is 42.6 Å². The highest BCUT2D eigenvalue weighted by Gasteiger charge is 2.13. The second-order valence-electron chi connectivity index (χ2n) is 4.76. The predicted molar refractivity (Wildman–Crippen MR) is 74.1 cm³/mol. The van der Waals surface area contributed by atoms with E-state index in [0.29, 0.717) is 30.5 Å². The first-order chi connectivity index (χ1) is 8.54. The second kappa shape index (κ2) is 7.54. The fraction of sp³-hybridized carbons (Fsp3) is 0.692. The number of hydrogen-bond donors (Lipinski definition) is 0. The molecule has 1 aromatic rings. The molecule has 0 aliphatic carbocycles. The number of halogens is 1. The van der Waals surface area contributed by atoms with Crippen molar-refractivity contribution in [3.8, 4) is 5.88 Å². The van der Waals surface area contributed by atoms with Crippen LogP contribution in [0.25, 0.3) is 0 Å². The topological polar surface area (TPSA) is 38.2 Å². The Kier molecular flexibility index (Phi) is 6.36. The van der Waals surface area contributed by atoms with Gasteiger partial charge in [-0.2, -0.15) is 0 Å². The van der Waals surface area contributed by atoms with Crippen LogP contribution in [0.5, 0.6) is 5.88 Å². The van der Waals surface area contributed by atoms with Crippen LogP contribution in [0.3, 0.4) is 0 Å². The van der Waals surface area contributed by atoms with Crippen LogP contribution >= 0.6 is 11.6 Å². The average molecular weight is 272 g/mol. The van der Waals surface area contributed by atoms with E-state index < -0.39 is 0 Å². The van der Waals surface area contributed by atoms with E-state index in [0.717, 1.165) is 12.2 Å². The third kappa shape index (κ3) is 4.78. The highest BCUT2D eigenvalue weighted by atomic mass is 35.5. The minimum atomic E-state index is 0.355. The quantitative estimate of drug-likeness (QED) is 0.715. The molecule has 0 bridgehead atoms. The van der Waals surface area contributed by atoms with Crippen molar-refractivity contribution < 1.29 is 4.74 Å². The summed E-state index contributed by atoms with van der Waals surface area (Å²) < 4.78 is 5.61. The number of rotatable bonds is 7. The monoisotopic (exact) mass is 271 g/mol. The number of hydrogen-bond acceptors (Lipinski definition) is 4. The maximum atomic E-state index is 5.70. The lowest BCUT2D eigenvalue weighted by atomic mass is 10.2. The standard InChI is InChI=1S/C13H22ClN3O/c1-10(2)17(11(3)4)5-6-18-13-9-15-8-12(7-14)16-13/h8-11H,5-7H2,1-4H3. The molecule has 0 saturated heterocycles. The number of alkyl halides is 1. The molecule has 4 nitrogen and oxygen atoms in total. The van der Waals surface area contributed by atoms with E-state index in [4.69, 9.17) is 16.3 Å². The van der Waals surface area contributed by atoms with Gasteiger partial charge < -0.3 is 4.74 Å². The van der Waals surface area contributed by atoms with Gasteiger partial charge in [0.25, 0.3) is 0 Å². The van der Waals surface area contributed by atoms with Gasteiger partial charge in [-0.15, -0.1) is 11.6 Å². The fourth-order valence-electron chi connectivity index (χ4n) is 1.89. The summed E-state index contributed by atoms with van der Waals surface area (Å²) in [6, 6.07) is 1.02. The number of aromatic nitrogens is 2. The van der Waals surface area contributed by atoms with E-state index in [9.17, 15) is 0 Å². The van der Waals surface area contributed by atoms with E-state index in [-0.39, 0.29) is 0 Å². The van der Waals surface area contributed by atoms with Crippen molar-refractivity contribution in [1.29, 1.82) is 0 Å². The SMILES string of the molecule is CC(C)N(CCOc1cncc(CCl)n1)C(C)C. The Morgan fingerprint density at radius 3 is 2.44 bits per heavy atom. The normalized spacial score (nSPS) is 11.6. The first kappa shape index (κ1) is 15.2. The summed E-state index contributed by atoms with van der Waals surface area (Å²) in [5.41, 5.74) is 0.735. The molecule has 5 heteroatoms. The van der Waals surface area contributed by atoms with E-state index >= 15 is 0 Å². The van der Waals surface area contributed by atoms with Gasteiger partial charge in [-0.3, -0.25) is 9.88 Å². The minimum Gasteiger partial charge on any atom is -0.475 e. The van der Waals surface area contributed by atoms with Gasteiger partial charge >= 0.3 is 0 Å². The van der Waals surface area contributed by atoms with Crippen molar-refractivity contribution in [2.75, 3.05) is 13.2 Å². The molecule has 1 aromatic heterocycles. The highest BCUT2D eigenvalue weighted by molar-refractivity contribution is 6.16. The van der Waals surface area contributed by atoms with Crippen molar-refractivity contribution in [1.82, 2.24) is 14.9 Å². The molecule has 1 rings (SSSR count). The maximum Gasteiger partial charge on any atom is 0.232 e. The van der Waals surface area contributed by atoms with Crippen molar-refractivity contribution in [3.05, 3.63) is 18.1 Å². The highest BCUT2D eigenvalue weighted by Crippen LogP contribution is 2.08. The first-order valence-electron chi connectivity index (χ1n) is 6.30. The molecule has 0 aromatic carbocycles. The lowest BCUT2D eigenvalue weighted by Gasteiger charge is -2.30. The molecule has 0 aliphatic heterocycles. The Bertz CT molecular complexity index is 350. The predicted octanol–water partition coefficient (Wildman–Crippen LogP) is 2.71. The molecular weight excluding hydrogens is 250 g/mol. The summed E-state index contributed by atoms with van der Waals surface area (Å²) in [4.78, 5) is 10.7. The van der Waals surface area contributed by atoms with Crippen LogP contribution in [0.4, 0.5) is 0 Å². The Morgan fingerprint density at radius 1 is 1.22 bits per heavy atom. The second-order valence-corrected chi connectivity index (χ2v) is 5.02. The average Bonchev–Trinajstić information content (AvgIpc) is 2.34. The molecule has 0 N–H and O–H groups in total. The Labute approximate surface area is 114 Å². The zero-order valence-corrected chi connectivity index (χ0v) is 12.3. The molecule has 0 aliphatic rings. The van der Waals surface area contributed by atoms with Gasteiger partial charge in [0, 0.05) is 24.8 Å². The molecule has 0 radical (unpaired) electrons. The van der Waals surface area contributed by atoms with Crippen molar-refractivity contribution in [3.63, 3.8) is 0 Å². The van der Waals surface area contributed by atoms with Crippen LogP contribution in [-0.2, 0) is 5.88 Å². The number of ether oxygens (including phenoxy) is 1. The Morgan fingerprint density at radius 2 is 1.89 bits per heavy atom. The van der Waals surface area contributed by atoms with E-state index in [1.807, 2.05) is 0 Å². The molecule has 0 atom stereocenters. The van der Waals surface area contributed by atoms with Gasteiger partial charge in [0.15, 0.2) is 0 Å². The summed E-state index contributed by atoms with van der Waals surface area (Å²) in [6.07, 6.45) is 3.26. The van der Waals surface area contributed by atoms with Gasteiger partial charge in [0.1, 0.15) is 6.61 Å². The van der Waals surface area contributed by atoms with Crippen LogP contribution in [0.1, 0.15) is 33.4 Å². The van der Waals surface area contributed by atoms with Crippen LogP contribution in [0.15, 0.2) is 12.4 Å². The Hall–Kier alpha value is -0.870. The lowest BCUT2D eigenvalue weighted by molar-refractivity contribution is 0.140. The van der Waals surface area contributed by atoms with Gasteiger partial charge in [0.2, 0.25) is 5.88 Å². The lowest BCUT2D eigenvalue weighted by Crippen LogP contribution is -2.39. The van der Waals surface area contributed by atoms with Crippen LogP contribution in [0.2, 0.25) is 0 Å². The van der Waals surface area contributed by atoms with Gasteiger partial charge in [-0.05, 0) is 27.7 Å². The molecular formula is C13H22ClN3O. The summed E-state index contributed by atoms with van der Waals surface area (Å²) in [6.45, 7) is 10.2. The van der Waals surface area contributed by atoms with Gasteiger partial charge in [-0.25, -0.2) is 4.98 Å². The summed E-state index contributed by atoms with van der Waals surface area (Å²) >= 11 is 5.70. The molecule has 0 unspecified atom stereocenters. The van der Waals surface area contributed by atoms with Crippen molar-refractivity contribution in [2.45, 2.75) is 45.7 Å². The maximum absolute atomic E-state index is 5.70. The third-order valence-electron chi connectivity index (χ3n) is 2.73. The van der Waals surface area contributed by atoms with Crippen molar-refractivity contribution >= 4 is 11.6 Å².